The summed E-state index contributed by atoms with van der Waals surface area (Å²) in [5, 5.41) is 6.85. The van der Waals surface area contributed by atoms with Crippen molar-refractivity contribution in [3.63, 3.8) is 0 Å². The fourth-order valence-electron chi connectivity index (χ4n) is 6.61. The van der Waals surface area contributed by atoms with Crippen LogP contribution in [-0.2, 0) is 20.0 Å². The summed E-state index contributed by atoms with van der Waals surface area (Å²) in [7, 11) is -8.02. The Morgan fingerprint density at radius 2 is 1.07 bits per heavy atom. The number of piperazine rings is 2. The predicted molar refractivity (Wildman–Crippen MR) is 216 cm³/mol. The van der Waals surface area contributed by atoms with Crippen LogP contribution >= 0.6 is 31.9 Å². The Kier molecular flexibility index (Phi) is 13.3. The van der Waals surface area contributed by atoms with Crippen LogP contribution in [0.1, 0.15) is 33.3 Å². The highest BCUT2D eigenvalue weighted by Crippen LogP contribution is 2.30. The van der Waals surface area contributed by atoms with E-state index in [1.165, 1.54) is 36.4 Å². The number of halogens is 5. The van der Waals surface area contributed by atoms with E-state index in [-0.39, 0.29) is 37.7 Å². The molecule has 10 nitrogen and oxygen atoms in total. The monoisotopic (exact) mass is 914 g/mol. The molecule has 54 heavy (non-hydrogen) atoms. The third-order valence-corrected chi connectivity index (χ3v) is 12.9. The number of hydrogen-bond acceptors (Lipinski definition) is 8. The topological polar surface area (TPSA) is 123 Å². The van der Waals surface area contributed by atoms with E-state index in [1.807, 2.05) is 0 Å². The van der Waals surface area contributed by atoms with Gasteiger partial charge in [-0.2, -0.15) is 0 Å². The summed E-state index contributed by atoms with van der Waals surface area (Å²) in [5.41, 5.74) is 1.87. The molecule has 4 aromatic carbocycles. The number of rotatable bonds is 8. The molecule has 0 bridgehead atoms. The van der Waals surface area contributed by atoms with Gasteiger partial charge in [0.1, 0.15) is 17.5 Å². The number of hydrogen-bond donors (Lipinski definition) is 4. The molecule has 4 aromatic rings. The molecule has 2 fully saturated rings. The van der Waals surface area contributed by atoms with E-state index in [4.69, 9.17) is 0 Å². The maximum absolute atomic E-state index is 14.3. The van der Waals surface area contributed by atoms with Gasteiger partial charge in [-0.25, -0.2) is 30.0 Å². The lowest BCUT2D eigenvalue weighted by atomic mass is 10.1. The van der Waals surface area contributed by atoms with Crippen molar-refractivity contribution >= 4 is 74.7 Å². The molecular formula is C37H43Br2F3N6O4S2. The molecule has 292 valence electrons. The zero-order valence-corrected chi connectivity index (χ0v) is 35.1. The van der Waals surface area contributed by atoms with Gasteiger partial charge in [-0.3, -0.25) is 9.44 Å². The Balaban J connectivity index is 0.000000208. The van der Waals surface area contributed by atoms with E-state index in [2.05, 4.69) is 89.4 Å². The van der Waals surface area contributed by atoms with Gasteiger partial charge in [-0.05, 0) is 129 Å². The van der Waals surface area contributed by atoms with Crippen molar-refractivity contribution in [2.45, 2.75) is 68.6 Å². The Morgan fingerprint density at radius 1 is 0.611 bits per heavy atom. The van der Waals surface area contributed by atoms with E-state index >= 15 is 0 Å². The average Bonchev–Trinajstić information content (AvgIpc) is 3.07. The second-order valence-corrected chi connectivity index (χ2v) is 18.9. The van der Waals surface area contributed by atoms with Crippen LogP contribution in [0.2, 0.25) is 0 Å². The first-order chi connectivity index (χ1) is 25.3. The molecule has 0 unspecified atom stereocenters. The van der Waals surface area contributed by atoms with Gasteiger partial charge >= 0.3 is 0 Å². The number of nitrogens with one attached hydrogen (secondary N) is 4. The molecule has 0 spiro atoms. The lowest BCUT2D eigenvalue weighted by Crippen LogP contribution is -2.54. The first kappa shape index (κ1) is 41.8. The van der Waals surface area contributed by atoms with Gasteiger partial charge in [0.05, 0.1) is 25.6 Å². The van der Waals surface area contributed by atoms with Gasteiger partial charge < -0.3 is 20.4 Å². The highest BCUT2D eigenvalue weighted by molar-refractivity contribution is 9.10. The Bertz CT molecular complexity index is 2200. The second-order valence-electron chi connectivity index (χ2n) is 13.8. The van der Waals surface area contributed by atoms with Gasteiger partial charge in [0.2, 0.25) is 0 Å². The minimum Gasteiger partial charge on any atom is -0.368 e. The number of aryl methyl sites for hydroxylation is 1. The van der Waals surface area contributed by atoms with Crippen molar-refractivity contribution in [1.82, 2.24) is 10.6 Å². The third kappa shape index (κ3) is 10.5. The van der Waals surface area contributed by atoms with Crippen LogP contribution < -0.4 is 29.9 Å². The summed E-state index contributed by atoms with van der Waals surface area (Å²) >= 11 is 6.30. The Labute approximate surface area is 332 Å². The molecule has 2 aliphatic heterocycles. The average molecular weight is 917 g/mol. The van der Waals surface area contributed by atoms with Gasteiger partial charge in [0.15, 0.2) is 0 Å². The minimum atomic E-state index is -4.13. The molecule has 0 radical (unpaired) electrons. The van der Waals surface area contributed by atoms with Crippen LogP contribution in [0.15, 0.2) is 91.5 Å². The summed E-state index contributed by atoms with van der Waals surface area (Å²) in [6.45, 7) is 13.0. The molecule has 4 atom stereocenters. The first-order valence-electron chi connectivity index (χ1n) is 17.2. The van der Waals surface area contributed by atoms with Crippen molar-refractivity contribution in [2.24, 2.45) is 0 Å². The van der Waals surface area contributed by atoms with E-state index in [0.29, 0.717) is 17.6 Å². The summed E-state index contributed by atoms with van der Waals surface area (Å²) in [5.74, 6) is -2.01. The Morgan fingerprint density at radius 3 is 1.52 bits per heavy atom. The molecule has 2 saturated heterocycles. The molecule has 4 N–H and O–H groups in total. The van der Waals surface area contributed by atoms with Crippen LogP contribution in [0.5, 0.6) is 0 Å². The standard InChI is InChI=1S/C19H23BrFN3O2S.C18H20BrF2N3O2S/c1-12-8-15(20)4-7-19(12)27(25,26)23-18-9-16(5-6-17(18)21)24-10-13(2)22-14(3)11-24;1-11-9-24(10-12(2)22-11)13-3-6-16(20)18(7-13)23-27(25,26)14-4-5-15(19)17(21)8-14/h4-9,13-14,22-23H,10-11H2,1-3H3;3-8,11-12,22-23H,9-10H2,1-2H3/t13-,14+;11-,12+. The zero-order chi connectivity index (χ0) is 39.5. The van der Waals surface area contributed by atoms with Crippen LogP contribution in [0, 0.1) is 24.4 Å². The van der Waals surface area contributed by atoms with Gasteiger partial charge in [-0.15, -0.1) is 0 Å². The number of sulfonamides is 2. The molecule has 0 saturated carbocycles. The summed E-state index contributed by atoms with van der Waals surface area (Å²) < 4.78 is 98.4. The molecule has 0 aliphatic carbocycles. The van der Waals surface area contributed by atoms with Crippen molar-refractivity contribution in [3.05, 3.63) is 105 Å². The number of nitrogens with zero attached hydrogens (tertiary/aromatic N) is 2. The lowest BCUT2D eigenvalue weighted by molar-refractivity contribution is 0.407. The molecule has 0 amide bonds. The highest BCUT2D eigenvalue weighted by atomic mass is 79.9. The first-order valence-corrected chi connectivity index (χ1v) is 21.7. The van der Waals surface area contributed by atoms with Crippen molar-refractivity contribution in [2.75, 3.05) is 45.4 Å². The van der Waals surface area contributed by atoms with Gasteiger partial charge in [-0.1, -0.05) is 15.9 Å². The van der Waals surface area contributed by atoms with E-state index in [0.717, 1.165) is 48.1 Å². The predicted octanol–water partition coefficient (Wildman–Crippen LogP) is 7.60. The lowest BCUT2D eigenvalue weighted by Gasteiger charge is -2.37. The smallest absolute Gasteiger partial charge is 0.262 e. The summed E-state index contributed by atoms with van der Waals surface area (Å²) in [6, 6.07) is 18.3. The zero-order valence-electron chi connectivity index (χ0n) is 30.3. The molecule has 6 rings (SSSR count). The normalized spacial score (nSPS) is 20.6. The van der Waals surface area contributed by atoms with Crippen LogP contribution in [0.3, 0.4) is 0 Å². The van der Waals surface area contributed by atoms with E-state index < -0.39 is 37.5 Å². The largest absolute Gasteiger partial charge is 0.368 e. The van der Waals surface area contributed by atoms with E-state index in [1.54, 1.807) is 37.3 Å². The SMILES string of the molecule is C[C@@H]1CN(c2ccc(F)c(NS(=O)(=O)c3ccc(Br)c(F)c3)c2)C[C@H](C)N1.Cc1cc(Br)ccc1S(=O)(=O)Nc1cc(N2C[C@@H](C)N[C@@H](C)C2)ccc1F. The molecular weight excluding hydrogens is 873 g/mol. The van der Waals surface area contributed by atoms with Crippen LogP contribution in [0.4, 0.5) is 35.9 Å². The summed E-state index contributed by atoms with van der Waals surface area (Å²) in [4.78, 5) is 4.05. The maximum Gasteiger partial charge on any atom is 0.262 e. The fraction of sp³-hybridized carbons (Fsp3) is 0.351. The van der Waals surface area contributed by atoms with Crippen molar-refractivity contribution in [1.29, 1.82) is 0 Å². The quantitative estimate of drug-likeness (QED) is 0.143. The molecule has 0 aromatic heterocycles. The summed E-state index contributed by atoms with van der Waals surface area (Å²) in [6.07, 6.45) is 0. The van der Waals surface area contributed by atoms with Crippen molar-refractivity contribution < 1.29 is 30.0 Å². The molecule has 2 aliphatic rings. The number of benzene rings is 4. The van der Waals surface area contributed by atoms with Gasteiger partial charge in [0, 0.05) is 66.2 Å². The van der Waals surface area contributed by atoms with Gasteiger partial charge in [0.25, 0.3) is 20.0 Å². The highest BCUT2D eigenvalue weighted by Gasteiger charge is 2.25. The minimum absolute atomic E-state index is 0.0475. The molecule has 17 heteroatoms. The van der Waals surface area contributed by atoms with Crippen LogP contribution in [0.25, 0.3) is 0 Å². The Hall–Kier alpha value is -3.35. The maximum atomic E-state index is 14.3. The molecule has 2 heterocycles. The number of anilines is 4. The van der Waals surface area contributed by atoms with Crippen LogP contribution in [-0.4, -0.2) is 67.2 Å². The fourth-order valence-corrected chi connectivity index (χ4v) is 9.69. The van der Waals surface area contributed by atoms with Crippen molar-refractivity contribution in [3.8, 4) is 0 Å². The third-order valence-electron chi connectivity index (χ3n) is 8.86. The second kappa shape index (κ2) is 17.2. The van der Waals surface area contributed by atoms with E-state index in [9.17, 15) is 30.0 Å².